The summed E-state index contributed by atoms with van der Waals surface area (Å²) in [6.07, 6.45) is 3.86. The summed E-state index contributed by atoms with van der Waals surface area (Å²) in [5, 5.41) is 2.84. The molecule has 22 heavy (non-hydrogen) atoms. The van der Waals surface area contributed by atoms with E-state index in [1.165, 1.54) is 19.1 Å². The first kappa shape index (κ1) is 16.4. The zero-order valence-corrected chi connectivity index (χ0v) is 12.9. The van der Waals surface area contributed by atoms with Gasteiger partial charge in [0, 0.05) is 0 Å². The molecule has 1 amide bonds. The van der Waals surface area contributed by atoms with Gasteiger partial charge >= 0.3 is 0 Å². The van der Waals surface area contributed by atoms with Crippen LogP contribution in [0.5, 0.6) is 5.75 Å². The number of furan rings is 1. The second-order valence-electron chi connectivity index (χ2n) is 5.21. The van der Waals surface area contributed by atoms with Crippen molar-refractivity contribution in [3.05, 3.63) is 47.9 Å². The molecular weight excluding hydrogens is 304 g/mol. The van der Waals surface area contributed by atoms with E-state index < -0.39 is 0 Å². The summed E-state index contributed by atoms with van der Waals surface area (Å²) in [5.41, 5.74) is 6.59. The molecule has 0 saturated heterocycles. The molecule has 1 aromatic carbocycles. The van der Waals surface area contributed by atoms with Crippen molar-refractivity contribution in [2.75, 3.05) is 11.9 Å². The molecule has 0 radical (unpaired) electrons. The SMILES string of the molecule is Cl.NCc1cc(C(=O)Nc2ccccc2OCC2CC2)co1. The van der Waals surface area contributed by atoms with Gasteiger partial charge in [-0.05, 0) is 37.0 Å². The Morgan fingerprint density at radius 2 is 2.14 bits per heavy atom. The topological polar surface area (TPSA) is 77.5 Å². The number of carbonyl (C=O) groups is 1. The first-order valence-electron chi connectivity index (χ1n) is 7.07. The molecule has 0 spiro atoms. The van der Waals surface area contributed by atoms with E-state index in [4.69, 9.17) is 14.9 Å². The van der Waals surface area contributed by atoms with E-state index >= 15 is 0 Å². The summed E-state index contributed by atoms with van der Waals surface area (Å²) in [5.74, 6) is 1.70. The Kier molecular flexibility index (Phi) is 5.46. The van der Waals surface area contributed by atoms with E-state index in [2.05, 4.69) is 5.32 Å². The van der Waals surface area contributed by atoms with Gasteiger partial charge in [-0.3, -0.25) is 4.79 Å². The number of carbonyl (C=O) groups excluding carboxylic acids is 1. The van der Waals surface area contributed by atoms with Crippen LogP contribution in [0.2, 0.25) is 0 Å². The Morgan fingerprint density at radius 1 is 1.36 bits per heavy atom. The lowest BCUT2D eigenvalue weighted by atomic mass is 10.2. The predicted molar refractivity (Wildman–Crippen MR) is 86.5 cm³/mol. The third-order valence-electron chi connectivity index (χ3n) is 3.42. The molecule has 6 heteroatoms. The molecule has 3 rings (SSSR count). The number of rotatable bonds is 6. The molecule has 1 aliphatic rings. The largest absolute Gasteiger partial charge is 0.491 e. The minimum Gasteiger partial charge on any atom is -0.491 e. The van der Waals surface area contributed by atoms with Gasteiger partial charge in [-0.15, -0.1) is 12.4 Å². The van der Waals surface area contributed by atoms with Crippen molar-refractivity contribution >= 4 is 24.0 Å². The second kappa shape index (κ2) is 7.33. The summed E-state index contributed by atoms with van der Waals surface area (Å²) in [6, 6.07) is 9.08. The molecular formula is C16H19ClN2O3. The van der Waals surface area contributed by atoms with Gasteiger partial charge in [-0.25, -0.2) is 0 Å². The van der Waals surface area contributed by atoms with Crippen LogP contribution >= 0.6 is 12.4 Å². The normalized spacial score (nSPS) is 13.3. The smallest absolute Gasteiger partial charge is 0.259 e. The van der Waals surface area contributed by atoms with Gasteiger partial charge in [0.05, 0.1) is 24.4 Å². The van der Waals surface area contributed by atoms with Crippen molar-refractivity contribution in [2.45, 2.75) is 19.4 Å². The van der Waals surface area contributed by atoms with E-state index in [0.29, 0.717) is 35.3 Å². The van der Waals surface area contributed by atoms with Crippen LogP contribution in [-0.4, -0.2) is 12.5 Å². The number of nitrogens with one attached hydrogen (secondary N) is 1. The third-order valence-corrected chi connectivity index (χ3v) is 3.42. The Labute approximate surface area is 135 Å². The van der Waals surface area contributed by atoms with Crippen LogP contribution in [0.25, 0.3) is 0 Å². The van der Waals surface area contributed by atoms with Crippen LogP contribution in [0.3, 0.4) is 0 Å². The number of ether oxygens (including phenoxy) is 1. The molecule has 0 unspecified atom stereocenters. The van der Waals surface area contributed by atoms with Gasteiger partial charge in [0.1, 0.15) is 17.8 Å². The Hall–Kier alpha value is -1.98. The third kappa shape index (κ3) is 4.02. The first-order valence-corrected chi connectivity index (χ1v) is 7.07. The van der Waals surface area contributed by atoms with Crippen molar-refractivity contribution in [3.8, 4) is 5.75 Å². The Morgan fingerprint density at radius 3 is 2.82 bits per heavy atom. The molecule has 1 aliphatic carbocycles. The number of para-hydroxylation sites is 2. The van der Waals surface area contributed by atoms with Gasteiger partial charge in [0.2, 0.25) is 0 Å². The lowest BCUT2D eigenvalue weighted by Crippen LogP contribution is -2.12. The van der Waals surface area contributed by atoms with E-state index in [-0.39, 0.29) is 24.9 Å². The van der Waals surface area contributed by atoms with Crippen molar-refractivity contribution in [1.29, 1.82) is 0 Å². The molecule has 1 saturated carbocycles. The lowest BCUT2D eigenvalue weighted by Gasteiger charge is -2.11. The van der Waals surface area contributed by atoms with Gasteiger partial charge in [-0.2, -0.15) is 0 Å². The fraction of sp³-hybridized carbons (Fsp3) is 0.312. The highest BCUT2D eigenvalue weighted by Gasteiger charge is 2.22. The van der Waals surface area contributed by atoms with E-state index in [1.54, 1.807) is 6.07 Å². The second-order valence-corrected chi connectivity index (χ2v) is 5.21. The zero-order chi connectivity index (χ0) is 14.7. The monoisotopic (exact) mass is 322 g/mol. The minimum absolute atomic E-state index is 0. The number of hydrogen-bond donors (Lipinski definition) is 2. The summed E-state index contributed by atoms with van der Waals surface area (Å²) in [6.45, 7) is 0.976. The van der Waals surface area contributed by atoms with Gasteiger partial charge in [-0.1, -0.05) is 12.1 Å². The zero-order valence-electron chi connectivity index (χ0n) is 12.1. The molecule has 1 heterocycles. The summed E-state index contributed by atoms with van der Waals surface area (Å²) >= 11 is 0. The van der Waals surface area contributed by atoms with Gasteiger partial charge in [0.15, 0.2) is 0 Å². The number of anilines is 1. The molecule has 0 bridgehead atoms. The van der Waals surface area contributed by atoms with Crippen LogP contribution in [0, 0.1) is 5.92 Å². The summed E-state index contributed by atoms with van der Waals surface area (Å²) in [7, 11) is 0. The molecule has 5 nitrogen and oxygen atoms in total. The maximum Gasteiger partial charge on any atom is 0.259 e. The summed E-state index contributed by atoms with van der Waals surface area (Å²) < 4.78 is 10.9. The van der Waals surface area contributed by atoms with Crippen molar-refractivity contribution < 1.29 is 13.9 Å². The van der Waals surface area contributed by atoms with Crippen molar-refractivity contribution in [2.24, 2.45) is 11.7 Å². The molecule has 0 aliphatic heterocycles. The molecule has 2 aromatic rings. The van der Waals surface area contributed by atoms with Crippen LogP contribution in [0.15, 0.2) is 41.0 Å². The standard InChI is InChI=1S/C16H18N2O3.ClH/c17-8-13-7-12(10-20-13)16(19)18-14-3-1-2-4-15(14)21-9-11-5-6-11;/h1-4,7,10-11H,5-6,8-9,17H2,(H,18,19);1H. The number of benzene rings is 1. The molecule has 1 aromatic heterocycles. The van der Waals surface area contributed by atoms with Gasteiger partial charge in [0.25, 0.3) is 5.91 Å². The highest BCUT2D eigenvalue weighted by atomic mass is 35.5. The lowest BCUT2D eigenvalue weighted by molar-refractivity contribution is 0.102. The highest BCUT2D eigenvalue weighted by molar-refractivity contribution is 6.04. The minimum atomic E-state index is -0.235. The number of hydrogen-bond acceptors (Lipinski definition) is 4. The summed E-state index contributed by atoms with van der Waals surface area (Å²) in [4.78, 5) is 12.2. The van der Waals surface area contributed by atoms with Crippen molar-refractivity contribution in [1.82, 2.24) is 0 Å². The number of nitrogens with two attached hydrogens (primary N) is 1. The van der Waals surface area contributed by atoms with Crippen LogP contribution in [0.4, 0.5) is 5.69 Å². The first-order chi connectivity index (χ1) is 10.3. The molecule has 0 atom stereocenters. The van der Waals surface area contributed by atoms with E-state index in [9.17, 15) is 4.79 Å². The molecule has 1 fully saturated rings. The highest BCUT2D eigenvalue weighted by Crippen LogP contribution is 2.31. The van der Waals surface area contributed by atoms with E-state index in [1.807, 2.05) is 24.3 Å². The number of halogens is 1. The number of amides is 1. The Bertz CT molecular complexity index is 638. The van der Waals surface area contributed by atoms with Crippen LogP contribution in [-0.2, 0) is 6.54 Å². The Balaban J connectivity index is 0.00000176. The fourth-order valence-electron chi connectivity index (χ4n) is 1.99. The van der Waals surface area contributed by atoms with Crippen molar-refractivity contribution in [3.63, 3.8) is 0 Å². The average molecular weight is 323 g/mol. The average Bonchev–Trinajstić information content (AvgIpc) is 3.21. The van der Waals surface area contributed by atoms with Crippen LogP contribution in [0.1, 0.15) is 29.0 Å². The van der Waals surface area contributed by atoms with Gasteiger partial charge < -0.3 is 20.2 Å². The molecule has 3 N–H and O–H groups in total. The van der Waals surface area contributed by atoms with E-state index in [0.717, 1.165) is 0 Å². The molecule has 118 valence electrons. The maximum atomic E-state index is 12.2. The predicted octanol–water partition coefficient (Wildman–Crippen LogP) is 3.20. The fourth-order valence-corrected chi connectivity index (χ4v) is 1.99. The van der Waals surface area contributed by atoms with Crippen LogP contribution < -0.4 is 15.8 Å². The maximum absolute atomic E-state index is 12.2. The quantitative estimate of drug-likeness (QED) is 0.856.